The van der Waals surface area contributed by atoms with E-state index in [4.69, 9.17) is 10.2 Å². The Labute approximate surface area is 85.5 Å². The highest BCUT2D eigenvalue weighted by Crippen LogP contribution is 2.33. The molecule has 0 aliphatic heterocycles. The molecule has 1 fully saturated rings. The average molecular weight is 215 g/mol. The van der Waals surface area contributed by atoms with Gasteiger partial charge in [0.25, 0.3) is 0 Å². The van der Waals surface area contributed by atoms with Gasteiger partial charge in [-0.1, -0.05) is 0 Å². The summed E-state index contributed by atoms with van der Waals surface area (Å²) in [5.74, 6) is -6.43. The first kappa shape index (κ1) is 11.5. The summed E-state index contributed by atoms with van der Waals surface area (Å²) < 4.78 is 0. The fourth-order valence-corrected chi connectivity index (χ4v) is 1.91. The third-order valence-corrected chi connectivity index (χ3v) is 2.74. The van der Waals surface area contributed by atoms with Crippen molar-refractivity contribution in [1.29, 1.82) is 0 Å². The number of rotatable bonds is 3. The Hall–Kier alpha value is -1.59. The smallest absolute Gasteiger partial charge is 0.306 e. The summed E-state index contributed by atoms with van der Waals surface area (Å²) in [6, 6.07) is 0. The molecule has 1 rings (SSSR count). The Morgan fingerprint density at radius 1 is 0.867 bits per heavy atom. The summed E-state index contributed by atoms with van der Waals surface area (Å²) >= 11 is 0. The van der Waals surface area contributed by atoms with Crippen LogP contribution in [-0.2, 0) is 14.4 Å². The lowest BCUT2D eigenvalue weighted by Crippen LogP contribution is -2.40. The number of carbonyl (C=O) groups excluding carboxylic acids is 1. The van der Waals surface area contributed by atoms with Gasteiger partial charge in [0.2, 0.25) is 0 Å². The lowest BCUT2D eigenvalue weighted by atomic mass is 9.75. The van der Waals surface area contributed by atoms with E-state index in [1.54, 1.807) is 0 Å². The number of carbonyl (C=O) groups is 3. The van der Waals surface area contributed by atoms with Crippen molar-refractivity contribution in [1.82, 2.24) is 0 Å². The van der Waals surface area contributed by atoms with Crippen LogP contribution >= 0.6 is 0 Å². The molecular formula is C9H11O6-. The lowest BCUT2D eigenvalue weighted by Gasteiger charge is -2.31. The maximum Gasteiger partial charge on any atom is 0.306 e. The molecule has 0 amide bonds. The van der Waals surface area contributed by atoms with Crippen LogP contribution in [0, 0.1) is 17.8 Å². The zero-order valence-corrected chi connectivity index (χ0v) is 7.88. The number of hydrogen-bond acceptors (Lipinski definition) is 4. The van der Waals surface area contributed by atoms with E-state index in [2.05, 4.69) is 0 Å². The van der Waals surface area contributed by atoms with Gasteiger partial charge in [-0.05, 0) is 19.3 Å². The van der Waals surface area contributed by atoms with Crippen molar-refractivity contribution in [2.45, 2.75) is 19.3 Å². The number of carboxylic acid groups (broad SMARTS) is 3. The SMILES string of the molecule is O=C([O-])C1C[C@@H](C(=O)O)C[C@@H](C(=O)O)C1. The third-order valence-electron chi connectivity index (χ3n) is 2.74. The zero-order valence-electron chi connectivity index (χ0n) is 7.88. The van der Waals surface area contributed by atoms with Gasteiger partial charge in [-0.3, -0.25) is 9.59 Å². The van der Waals surface area contributed by atoms with E-state index < -0.39 is 35.7 Å². The van der Waals surface area contributed by atoms with Crippen molar-refractivity contribution < 1.29 is 29.7 Å². The highest BCUT2D eigenvalue weighted by atomic mass is 16.4. The van der Waals surface area contributed by atoms with Crippen LogP contribution < -0.4 is 5.11 Å². The lowest BCUT2D eigenvalue weighted by molar-refractivity contribution is -0.313. The molecule has 6 heteroatoms. The van der Waals surface area contributed by atoms with Crippen LogP contribution in [-0.4, -0.2) is 28.1 Å². The normalized spacial score (nSPS) is 30.8. The van der Waals surface area contributed by atoms with Crippen molar-refractivity contribution in [2.75, 3.05) is 0 Å². The van der Waals surface area contributed by atoms with Crippen molar-refractivity contribution in [3.8, 4) is 0 Å². The van der Waals surface area contributed by atoms with E-state index in [1.807, 2.05) is 0 Å². The van der Waals surface area contributed by atoms with Crippen LogP contribution in [0.2, 0.25) is 0 Å². The Morgan fingerprint density at radius 3 is 1.47 bits per heavy atom. The molecule has 0 aromatic heterocycles. The third kappa shape index (κ3) is 2.68. The molecular weight excluding hydrogens is 204 g/mol. The summed E-state index contributed by atoms with van der Waals surface area (Å²) in [6.07, 6.45) is -0.0860. The minimum absolute atomic E-state index is 0.00551. The van der Waals surface area contributed by atoms with Crippen LogP contribution in [0.5, 0.6) is 0 Å². The molecule has 0 aromatic carbocycles. The van der Waals surface area contributed by atoms with Crippen molar-refractivity contribution in [2.24, 2.45) is 17.8 Å². The first-order valence-electron chi connectivity index (χ1n) is 4.58. The Balaban J connectivity index is 2.77. The summed E-state index contributed by atoms with van der Waals surface area (Å²) in [5.41, 5.74) is 0. The van der Waals surface area contributed by atoms with Crippen LogP contribution in [0.4, 0.5) is 0 Å². The molecule has 1 aliphatic rings. The number of carboxylic acids is 3. The van der Waals surface area contributed by atoms with Crippen molar-refractivity contribution in [3.05, 3.63) is 0 Å². The van der Waals surface area contributed by atoms with Crippen molar-refractivity contribution in [3.63, 3.8) is 0 Å². The van der Waals surface area contributed by atoms with Crippen LogP contribution in [0.25, 0.3) is 0 Å². The Morgan fingerprint density at radius 2 is 1.20 bits per heavy atom. The van der Waals surface area contributed by atoms with Gasteiger partial charge in [-0.15, -0.1) is 0 Å². The van der Waals surface area contributed by atoms with E-state index in [1.165, 1.54) is 0 Å². The number of hydrogen-bond donors (Lipinski definition) is 2. The maximum atomic E-state index is 10.7. The van der Waals surface area contributed by atoms with E-state index in [0.29, 0.717) is 0 Å². The monoisotopic (exact) mass is 215 g/mol. The van der Waals surface area contributed by atoms with Crippen LogP contribution in [0.3, 0.4) is 0 Å². The summed E-state index contributed by atoms with van der Waals surface area (Å²) in [7, 11) is 0. The largest absolute Gasteiger partial charge is 0.550 e. The number of aliphatic carboxylic acids is 3. The van der Waals surface area contributed by atoms with Gasteiger partial charge in [0.05, 0.1) is 11.8 Å². The predicted molar refractivity (Wildman–Crippen MR) is 44.6 cm³/mol. The predicted octanol–water partition coefficient (Wildman–Crippen LogP) is -1.06. The topological polar surface area (TPSA) is 115 Å². The maximum absolute atomic E-state index is 10.7. The molecule has 2 N–H and O–H groups in total. The summed E-state index contributed by atoms with van der Waals surface area (Å²) in [5, 5.41) is 28.1. The molecule has 15 heavy (non-hydrogen) atoms. The van der Waals surface area contributed by atoms with E-state index in [0.717, 1.165) is 0 Å². The summed E-state index contributed by atoms with van der Waals surface area (Å²) in [4.78, 5) is 32.0. The molecule has 0 saturated heterocycles. The van der Waals surface area contributed by atoms with Gasteiger partial charge in [-0.2, -0.15) is 0 Å². The van der Waals surface area contributed by atoms with Gasteiger partial charge in [-0.25, -0.2) is 0 Å². The van der Waals surface area contributed by atoms with Crippen LogP contribution in [0.1, 0.15) is 19.3 Å². The molecule has 6 nitrogen and oxygen atoms in total. The van der Waals surface area contributed by atoms with Gasteiger partial charge < -0.3 is 20.1 Å². The fourth-order valence-electron chi connectivity index (χ4n) is 1.91. The highest BCUT2D eigenvalue weighted by Gasteiger charge is 2.36. The summed E-state index contributed by atoms with van der Waals surface area (Å²) in [6.45, 7) is 0. The zero-order chi connectivity index (χ0) is 11.6. The van der Waals surface area contributed by atoms with Gasteiger partial charge in [0.15, 0.2) is 0 Å². The first-order chi connectivity index (χ1) is 6.91. The van der Waals surface area contributed by atoms with E-state index >= 15 is 0 Å². The molecule has 1 unspecified atom stereocenters. The molecule has 84 valence electrons. The first-order valence-corrected chi connectivity index (χ1v) is 4.58. The standard InChI is InChI=1S/C9H12O6/c10-7(11)4-1-5(8(12)13)3-6(2-4)9(14)15/h4-6H,1-3H2,(H,10,11)(H,12,13)(H,14,15)/p-1. The molecule has 0 heterocycles. The van der Waals surface area contributed by atoms with Crippen LogP contribution in [0.15, 0.2) is 0 Å². The Bertz CT molecular complexity index is 243. The Kier molecular flexibility index (Phi) is 3.28. The molecule has 1 saturated carbocycles. The van der Waals surface area contributed by atoms with Gasteiger partial charge >= 0.3 is 11.9 Å². The molecule has 0 bridgehead atoms. The molecule has 1 aliphatic carbocycles. The molecule has 0 aromatic rings. The molecule has 3 atom stereocenters. The highest BCUT2D eigenvalue weighted by molar-refractivity contribution is 5.77. The molecule has 0 radical (unpaired) electrons. The minimum Gasteiger partial charge on any atom is -0.550 e. The van der Waals surface area contributed by atoms with E-state index in [-0.39, 0.29) is 19.3 Å². The minimum atomic E-state index is -1.37. The second kappa shape index (κ2) is 4.29. The second-order valence-electron chi connectivity index (χ2n) is 3.79. The van der Waals surface area contributed by atoms with Crippen molar-refractivity contribution >= 4 is 17.9 Å². The quantitative estimate of drug-likeness (QED) is 0.620. The van der Waals surface area contributed by atoms with Gasteiger partial charge in [0, 0.05) is 11.9 Å². The molecule has 0 spiro atoms. The fraction of sp³-hybridized carbons (Fsp3) is 0.667. The van der Waals surface area contributed by atoms with Gasteiger partial charge in [0.1, 0.15) is 0 Å². The second-order valence-corrected chi connectivity index (χ2v) is 3.79. The van der Waals surface area contributed by atoms with E-state index in [9.17, 15) is 19.5 Å². The average Bonchev–Trinajstić information content (AvgIpc) is 2.16.